The first-order chi connectivity index (χ1) is 9.24. The van der Waals surface area contributed by atoms with Crippen molar-refractivity contribution in [3.05, 3.63) is 16.1 Å². The minimum Gasteiger partial charge on any atom is -0.396 e. The van der Waals surface area contributed by atoms with Crippen LogP contribution in [0.25, 0.3) is 0 Å². The normalized spacial score (nSPS) is 15.5. The Kier molecular flexibility index (Phi) is 5.26. The molecular weight excluding hydrogens is 264 g/mol. The predicted octanol–water partition coefficient (Wildman–Crippen LogP) is 0.483. The lowest BCUT2D eigenvalue weighted by Crippen LogP contribution is -2.40. The van der Waals surface area contributed by atoms with Gasteiger partial charge in [-0.3, -0.25) is 15.1 Å². The van der Waals surface area contributed by atoms with Crippen LogP contribution in [0.1, 0.15) is 41.2 Å². The minimum absolute atomic E-state index is 0.209. The second-order valence-electron chi connectivity index (χ2n) is 4.75. The Balaban J connectivity index is 1.95. The zero-order valence-corrected chi connectivity index (χ0v) is 11.7. The first-order valence-electron chi connectivity index (χ1n) is 6.55. The summed E-state index contributed by atoms with van der Waals surface area (Å²) in [6.45, 7) is 1.82. The van der Waals surface area contributed by atoms with Gasteiger partial charge in [0.25, 0.3) is 5.91 Å². The number of nitrogens with zero attached hydrogens (tertiary/aromatic N) is 2. The molecule has 0 saturated heterocycles. The number of thiazole rings is 1. The van der Waals surface area contributed by atoms with E-state index in [9.17, 15) is 4.79 Å². The van der Waals surface area contributed by atoms with Gasteiger partial charge in [-0.25, -0.2) is 10.8 Å². The molecule has 2 rings (SSSR count). The largest absolute Gasteiger partial charge is 0.396 e. The minimum atomic E-state index is -0.346. The van der Waals surface area contributed by atoms with Crippen LogP contribution in [-0.4, -0.2) is 40.1 Å². The van der Waals surface area contributed by atoms with Crippen molar-refractivity contribution in [3.8, 4) is 0 Å². The zero-order chi connectivity index (χ0) is 13.7. The van der Waals surface area contributed by atoms with Gasteiger partial charge in [0.2, 0.25) is 0 Å². The fraction of sp³-hybridized carbons (Fsp3) is 0.667. The number of carbonyl (C=O) groups excluding carboxylic acids is 1. The van der Waals surface area contributed by atoms with Crippen molar-refractivity contribution < 1.29 is 9.90 Å². The summed E-state index contributed by atoms with van der Waals surface area (Å²) in [5.74, 6) is 4.74. The molecule has 106 valence electrons. The van der Waals surface area contributed by atoms with Crippen LogP contribution in [0.3, 0.4) is 0 Å². The Bertz CT molecular complexity index is 420. The number of carbonyl (C=O) groups is 1. The van der Waals surface area contributed by atoms with Crippen molar-refractivity contribution in [2.75, 3.05) is 13.2 Å². The Labute approximate surface area is 116 Å². The fourth-order valence-corrected chi connectivity index (χ4v) is 2.88. The van der Waals surface area contributed by atoms with Gasteiger partial charge in [0, 0.05) is 31.1 Å². The highest BCUT2D eigenvalue weighted by Gasteiger charge is 2.25. The van der Waals surface area contributed by atoms with Gasteiger partial charge in [-0.05, 0) is 19.3 Å². The number of hydrazine groups is 1. The van der Waals surface area contributed by atoms with E-state index in [-0.39, 0.29) is 12.5 Å². The van der Waals surface area contributed by atoms with Crippen molar-refractivity contribution >= 4 is 17.2 Å². The number of aliphatic hydroxyl groups is 1. The predicted molar refractivity (Wildman–Crippen MR) is 73.5 cm³/mol. The van der Waals surface area contributed by atoms with Crippen molar-refractivity contribution in [2.24, 2.45) is 5.84 Å². The maximum Gasteiger partial charge on any atom is 0.294 e. The summed E-state index contributed by atoms with van der Waals surface area (Å²) >= 11 is 1.31. The van der Waals surface area contributed by atoms with Gasteiger partial charge in [-0.15, -0.1) is 11.3 Å². The van der Waals surface area contributed by atoms with Gasteiger partial charge in [-0.1, -0.05) is 6.42 Å². The van der Waals surface area contributed by atoms with Crippen LogP contribution in [0.15, 0.2) is 5.38 Å². The molecule has 1 aromatic heterocycles. The van der Waals surface area contributed by atoms with Crippen LogP contribution in [0, 0.1) is 0 Å². The van der Waals surface area contributed by atoms with E-state index in [2.05, 4.69) is 15.3 Å². The van der Waals surface area contributed by atoms with Gasteiger partial charge in [0.15, 0.2) is 5.01 Å². The van der Waals surface area contributed by atoms with Gasteiger partial charge in [0.05, 0.1) is 5.69 Å². The number of nitrogens with two attached hydrogens (primary N) is 1. The molecule has 6 nitrogen and oxygen atoms in total. The number of aliphatic hydroxyl groups excluding tert-OH is 1. The molecule has 1 aliphatic rings. The molecule has 4 N–H and O–H groups in total. The average Bonchev–Trinajstić information content (AvgIpc) is 2.81. The van der Waals surface area contributed by atoms with E-state index in [1.165, 1.54) is 30.6 Å². The summed E-state index contributed by atoms with van der Waals surface area (Å²) in [7, 11) is 0. The van der Waals surface area contributed by atoms with Crippen molar-refractivity contribution in [3.63, 3.8) is 0 Å². The van der Waals surface area contributed by atoms with Crippen LogP contribution in [0.5, 0.6) is 0 Å². The highest BCUT2D eigenvalue weighted by Crippen LogP contribution is 2.26. The molecule has 1 saturated carbocycles. The number of rotatable bonds is 7. The maximum atomic E-state index is 11.4. The second-order valence-corrected chi connectivity index (χ2v) is 5.61. The second kappa shape index (κ2) is 6.95. The third kappa shape index (κ3) is 3.73. The van der Waals surface area contributed by atoms with E-state index in [0.717, 1.165) is 25.2 Å². The molecule has 1 amide bonds. The Morgan fingerprint density at radius 1 is 1.63 bits per heavy atom. The lowest BCUT2D eigenvalue weighted by atomic mass is 9.91. The maximum absolute atomic E-state index is 11.4. The van der Waals surface area contributed by atoms with E-state index < -0.39 is 0 Å². The summed E-state index contributed by atoms with van der Waals surface area (Å²) in [5, 5.41) is 11.2. The standard InChI is InChI=1S/C12H20N4O2S/c13-15-11(18)12-14-9(8-19-12)7-16(5-2-6-17)10-3-1-4-10/h8,10,17H,1-7,13H2,(H,15,18). The first kappa shape index (κ1) is 14.4. The molecule has 0 unspecified atom stereocenters. The van der Waals surface area contributed by atoms with Crippen molar-refractivity contribution in [1.82, 2.24) is 15.3 Å². The number of amides is 1. The fourth-order valence-electron chi connectivity index (χ4n) is 2.17. The molecule has 0 spiro atoms. The van der Waals surface area contributed by atoms with Gasteiger partial charge < -0.3 is 5.11 Å². The molecule has 7 heteroatoms. The number of nitrogen functional groups attached to an aromatic ring is 1. The molecule has 19 heavy (non-hydrogen) atoms. The van der Waals surface area contributed by atoms with Crippen LogP contribution in [-0.2, 0) is 6.54 Å². The number of hydrogen-bond donors (Lipinski definition) is 3. The van der Waals surface area contributed by atoms with Crippen LogP contribution < -0.4 is 11.3 Å². The van der Waals surface area contributed by atoms with E-state index in [1.807, 2.05) is 5.38 Å². The molecule has 0 aromatic carbocycles. The smallest absolute Gasteiger partial charge is 0.294 e. The number of nitrogens with one attached hydrogen (secondary N) is 1. The van der Waals surface area contributed by atoms with E-state index in [4.69, 9.17) is 10.9 Å². The summed E-state index contributed by atoms with van der Waals surface area (Å²) in [5.41, 5.74) is 2.99. The average molecular weight is 284 g/mol. The Hall–Kier alpha value is -1.02. The summed E-state index contributed by atoms with van der Waals surface area (Å²) < 4.78 is 0. The SMILES string of the molecule is NNC(=O)c1nc(CN(CCCO)C2CCC2)cs1. The molecule has 0 atom stereocenters. The quantitative estimate of drug-likeness (QED) is 0.385. The molecule has 0 radical (unpaired) electrons. The molecule has 1 aromatic rings. The molecular formula is C12H20N4O2S. The van der Waals surface area contributed by atoms with E-state index in [0.29, 0.717) is 11.0 Å². The molecule has 1 aliphatic carbocycles. The lowest BCUT2D eigenvalue weighted by Gasteiger charge is -2.37. The molecule has 1 fully saturated rings. The topological polar surface area (TPSA) is 91.5 Å². The Morgan fingerprint density at radius 3 is 3.00 bits per heavy atom. The summed E-state index contributed by atoms with van der Waals surface area (Å²) in [4.78, 5) is 18.0. The third-order valence-corrected chi connectivity index (χ3v) is 4.33. The van der Waals surface area contributed by atoms with E-state index >= 15 is 0 Å². The molecule has 0 aliphatic heterocycles. The van der Waals surface area contributed by atoms with Crippen molar-refractivity contribution in [1.29, 1.82) is 0 Å². The monoisotopic (exact) mass is 284 g/mol. The zero-order valence-electron chi connectivity index (χ0n) is 10.8. The highest BCUT2D eigenvalue weighted by molar-refractivity contribution is 7.11. The summed E-state index contributed by atoms with van der Waals surface area (Å²) in [6.07, 6.45) is 4.48. The highest BCUT2D eigenvalue weighted by atomic mass is 32.1. The first-order valence-corrected chi connectivity index (χ1v) is 7.43. The van der Waals surface area contributed by atoms with Crippen LogP contribution in [0.2, 0.25) is 0 Å². The number of aromatic nitrogens is 1. The molecule has 1 heterocycles. The molecule has 0 bridgehead atoms. The lowest BCUT2D eigenvalue weighted by molar-refractivity contribution is 0.0951. The Morgan fingerprint density at radius 2 is 2.42 bits per heavy atom. The summed E-state index contributed by atoms with van der Waals surface area (Å²) in [6, 6.07) is 0.597. The van der Waals surface area contributed by atoms with Crippen LogP contribution >= 0.6 is 11.3 Å². The number of hydrogen-bond acceptors (Lipinski definition) is 6. The van der Waals surface area contributed by atoms with Gasteiger partial charge >= 0.3 is 0 Å². The van der Waals surface area contributed by atoms with Crippen LogP contribution in [0.4, 0.5) is 0 Å². The van der Waals surface area contributed by atoms with Crippen molar-refractivity contribution in [2.45, 2.75) is 38.3 Å². The van der Waals surface area contributed by atoms with Gasteiger partial charge in [-0.2, -0.15) is 0 Å². The third-order valence-electron chi connectivity index (χ3n) is 3.44. The van der Waals surface area contributed by atoms with E-state index in [1.54, 1.807) is 0 Å². The van der Waals surface area contributed by atoms with Gasteiger partial charge in [0.1, 0.15) is 0 Å².